The van der Waals surface area contributed by atoms with Crippen LogP contribution in [0, 0.1) is 71.0 Å². The first-order valence-corrected chi connectivity index (χ1v) is 11.1. The van der Waals surface area contributed by atoms with Crippen molar-refractivity contribution < 1.29 is 9.59 Å². The number of allylic oxidation sites excluding steroid dienone is 2. The zero-order valence-corrected chi connectivity index (χ0v) is 15.1. The molecule has 8 rings (SSSR count). The molecule has 0 bridgehead atoms. The van der Waals surface area contributed by atoms with E-state index in [1.807, 2.05) is 17.8 Å². The summed E-state index contributed by atoms with van der Waals surface area (Å²) in [5.41, 5.74) is 0. The molecule has 0 heterocycles. The second-order valence-corrected chi connectivity index (χ2v) is 11.1. The van der Waals surface area contributed by atoms with Crippen molar-refractivity contribution >= 4 is 23.3 Å². The van der Waals surface area contributed by atoms with Crippen molar-refractivity contribution in [3.8, 4) is 0 Å². The summed E-state index contributed by atoms with van der Waals surface area (Å²) in [6, 6.07) is 10.5. The molecule has 3 heteroatoms. The van der Waals surface area contributed by atoms with Gasteiger partial charge in [-0.1, -0.05) is 30.4 Å². The van der Waals surface area contributed by atoms with E-state index >= 15 is 0 Å². The highest BCUT2D eigenvalue weighted by atomic mass is 32.2. The zero-order valence-electron chi connectivity index (χ0n) is 14.3. The lowest BCUT2D eigenvalue weighted by Crippen LogP contribution is -2.35. The minimum Gasteiger partial charge on any atom is -0.299 e. The highest BCUT2D eigenvalue weighted by Gasteiger charge is 2.84. The van der Waals surface area contributed by atoms with Gasteiger partial charge >= 0.3 is 0 Å². The maximum Gasteiger partial charge on any atom is 0.141 e. The van der Waals surface area contributed by atoms with Gasteiger partial charge in [0.1, 0.15) is 11.6 Å². The van der Waals surface area contributed by atoms with Gasteiger partial charge in [-0.15, -0.1) is 11.8 Å². The van der Waals surface area contributed by atoms with Gasteiger partial charge in [0, 0.05) is 33.8 Å². The molecule has 10 atom stereocenters. The normalized spacial score (nSPS) is 60.8. The lowest BCUT2D eigenvalue weighted by atomic mass is 9.79. The van der Waals surface area contributed by atoms with Crippen LogP contribution < -0.4 is 0 Å². The van der Waals surface area contributed by atoms with Crippen LogP contribution >= 0.6 is 11.8 Å². The van der Waals surface area contributed by atoms with Gasteiger partial charge in [-0.3, -0.25) is 9.59 Å². The van der Waals surface area contributed by atoms with Crippen LogP contribution in [0.2, 0.25) is 0 Å². The molecular weight excluding hydrogens is 340 g/mol. The van der Waals surface area contributed by atoms with Crippen LogP contribution in [0.15, 0.2) is 47.4 Å². The first-order valence-electron chi connectivity index (χ1n) is 10.2. The van der Waals surface area contributed by atoms with E-state index < -0.39 is 0 Å². The number of carbonyl (C=O) groups is 2. The first-order chi connectivity index (χ1) is 12.8. The van der Waals surface area contributed by atoms with Gasteiger partial charge in [-0.05, 0) is 59.5 Å². The Hall–Kier alpha value is -1.35. The van der Waals surface area contributed by atoms with Crippen LogP contribution in [0.1, 0.15) is 0 Å². The van der Waals surface area contributed by atoms with E-state index in [0.717, 1.165) is 0 Å². The number of hydrogen-bond donors (Lipinski definition) is 0. The molecule has 10 unspecified atom stereocenters. The van der Waals surface area contributed by atoms with Crippen molar-refractivity contribution in [1.29, 1.82) is 0 Å². The van der Waals surface area contributed by atoms with Gasteiger partial charge in [0.2, 0.25) is 0 Å². The minimum atomic E-state index is 0.147. The second kappa shape index (κ2) is 4.06. The second-order valence-electron chi connectivity index (χ2n) is 9.81. The third kappa shape index (κ3) is 1.16. The number of fused-ring (bicyclic) bond motifs is 2. The summed E-state index contributed by atoms with van der Waals surface area (Å²) in [4.78, 5) is 28.4. The van der Waals surface area contributed by atoms with Crippen molar-refractivity contribution in [2.75, 3.05) is 0 Å². The third-order valence-corrected chi connectivity index (χ3v) is 11.0. The van der Waals surface area contributed by atoms with Gasteiger partial charge in [-0.25, -0.2) is 0 Å². The van der Waals surface area contributed by atoms with Gasteiger partial charge in [0.15, 0.2) is 0 Å². The van der Waals surface area contributed by atoms with Crippen molar-refractivity contribution in [3.63, 3.8) is 0 Å². The molecule has 0 N–H and O–H groups in total. The Morgan fingerprint density at radius 2 is 1.15 bits per heavy atom. The van der Waals surface area contributed by atoms with Crippen LogP contribution in [-0.4, -0.2) is 16.8 Å². The van der Waals surface area contributed by atoms with E-state index in [1.165, 1.54) is 4.90 Å². The number of carbonyl (C=O) groups excluding carboxylic acids is 2. The number of benzene rings is 1. The Balaban J connectivity index is 1.33. The molecule has 2 nitrogen and oxygen atoms in total. The van der Waals surface area contributed by atoms with E-state index in [1.54, 1.807) is 0 Å². The molecule has 0 saturated heterocycles. The largest absolute Gasteiger partial charge is 0.299 e. The molecule has 0 radical (unpaired) electrons. The van der Waals surface area contributed by atoms with E-state index in [-0.39, 0.29) is 17.1 Å². The molecule has 0 amide bonds. The number of rotatable bonds is 2. The summed E-state index contributed by atoms with van der Waals surface area (Å²) in [5.74, 6) is 6.51. The van der Waals surface area contributed by atoms with Crippen LogP contribution in [0.3, 0.4) is 0 Å². The fraction of sp³-hybridized carbons (Fsp3) is 0.565. The summed E-state index contributed by atoms with van der Waals surface area (Å²) in [5, 5.41) is 0.197. The van der Waals surface area contributed by atoms with Crippen molar-refractivity contribution in [2.45, 2.75) is 10.1 Å². The van der Waals surface area contributed by atoms with Crippen LogP contribution in [0.5, 0.6) is 0 Å². The zero-order chi connectivity index (χ0) is 16.9. The molecular formula is C23H20O2S. The topological polar surface area (TPSA) is 34.1 Å². The molecule has 0 spiro atoms. The van der Waals surface area contributed by atoms with E-state index in [4.69, 9.17) is 0 Å². The molecule has 1 aromatic carbocycles. The van der Waals surface area contributed by atoms with Crippen LogP contribution in [0.4, 0.5) is 0 Å². The number of thioether (sulfide) groups is 1. The molecule has 7 aliphatic carbocycles. The van der Waals surface area contributed by atoms with Gasteiger partial charge in [-0.2, -0.15) is 0 Å². The van der Waals surface area contributed by atoms with Gasteiger partial charge in [0.25, 0.3) is 0 Å². The van der Waals surface area contributed by atoms with E-state index in [9.17, 15) is 9.59 Å². The molecule has 1 aromatic rings. The average molecular weight is 360 g/mol. The maximum absolute atomic E-state index is 13.6. The van der Waals surface area contributed by atoms with Crippen LogP contribution in [-0.2, 0) is 9.59 Å². The Bertz CT molecular complexity index is 869. The lowest BCUT2D eigenvalue weighted by Gasteiger charge is -2.28. The molecule has 0 aromatic heterocycles. The third-order valence-electron chi connectivity index (χ3n) is 9.64. The Kier molecular flexibility index (Phi) is 2.15. The molecule has 6 saturated carbocycles. The summed E-state index contributed by atoms with van der Waals surface area (Å²) in [6.07, 6.45) is 4.71. The van der Waals surface area contributed by atoms with Gasteiger partial charge in [0.05, 0.1) is 0 Å². The highest BCUT2D eigenvalue weighted by Crippen LogP contribution is 2.83. The standard InChI is InChI=1S/C23H20O2S/c24-21-12-9-6-7-10-11(9)14-15(12)17-18-16(14)13(10)22(25)20(18)23(19(17)21)26-8-4-2-1-3-5-8/h1-7,9-20,23H. The minimum absolute atomic E-state index is 0.147. The molecule has 26 heavy (non-hydrogen) atoms. The molecule has 0 aliphatic heterocycles. The first kappa shape index (κ1) is 13.8. The predicted molar refractivity (Wildman–Crippen MR) is 97.1 cm³/mol. The average Bonchev–Trinajstić information content (AvgIpc) is 3.40. The molecule has 6 fully saturated rings. The fourth-order valence-corrected chi connectivity index (χ4v) is 11.1. The monoisotopic (exact) mass is 360 g/mol. The van der Waals surface area contributed by atoms with E-state index in [0.29, 0.717) is 70.7 Å². The fourth-order valence-electron chi connectivity index (χ4n) is 9.60. The number of Topliss-reactive ketones (excluding diaryl/α,β-unsaturated/α-hetero) is 2. The predicted octanol–water partition coefficient (Wildman–Crippen LogP) is 3.33. The molecule has 130 valence electrons. The Labute approximate surface area is 156 Å². The summed E-state index contributed by atoms with van der Waals surface area (Å²) >= 11 is 1.84. The lowest BCUT2D eigenvalue weighted by molar-refractivity contribution is -0.127. The quantitative estimate of drug-likeness (QED) is 0.759. The smallest absolute Gasteiger partial charge is 0.141 e. The van der Waals surface area contributed by atoms with Crippen LogP contribution in [0.25, 0.3) is 0 Å². The number of hydrogen-bond acceptors (Lipinski definition) is 3. The van der Waals surface area contributed by atoms with Crippen molar-refractivity contribution in [3.05, 3.63) is 42.5 Å². The molecule has 7 aliphatic rings. The summed E-state index contributed by atoms with van der Waals surface area (Å²) in [6.45, 7) is 0. The van der Waals surface area contributed by atoms with Crippen molar-refractivity contribution in [2.24, 2.45) is 71.0 Å². The highest BCUT2D eigenvalue weighted by molar-refractivity contribution is 8.00. The summed E-state index contributed by atoms with van der Waals surface area (Å²) in [7, 11) is 0. The maximum atomic E-state index is 13.6. The Morgan fingerprint density at radius 3 is 1.73 bits per heavy atom. The van der Waals surface area contributed by atoms with Crippen molar-refractivity contribution in [1.82, 2.24) is 0 Å². The summed E-state index contributed by atoms with van der Waals surface area (Å²) < 4.78 is 0. The van der Waals surface area contributed by atoms with E-state index in [2.05, 4.69) is 36.4 Å². The Morgan fingerprint density at radius 1 is 0.615 bits per heavy atom. The number of ketones is 2. The van der Waals surface area contributed by atoms with Gasteiger partial charge < -0.3 is 0 Å². The SMILES string of the molecule is O=C1C2C(Sc3ccccc3)C3C(=O)C4C5C=CC6C1C1C2C3C4C1C65.